The predicted molar refractivity (Wildman–Crippen MR) is 27.9 cm³/mol. The van der Waals surface area contributed by atoms with Crippen molar-refractivity contribution < 1.29 is 18.5 Å². The molecule has 0 aliphatic rings. The topological polar surface area (TPSA) is 69.9 Å². The Morgan fingerprint density at radius 1 is 1.43 bits per heavy atom. The summed E-state index contributed by atoms with van der Waals surface area (Å²) in [5, 5.41) is 0. The maximum atomic E-state index is 8.08. The lowest BCUT2D eigenvalue weighted by molar-refractivity contribution is 0.132. The van der Waals surface area contributed by atoms with Crippen LogP contribution in [0.4, 0.5) is 0 Å². The van der Waals surface area contributed by atoms with Crippen LogP contribution in [0.25, 0.3) is 0 Å². The van der Waals surface area contributed by atoms with E-state index in [-0.39, 0.29) is 0 Å². The molecule has 3 N–H and O–H groups in total. The molecule has 44 valence electrons. The van der Waals surface area contributed by atoms with E-state index in [2.05, 4.69) is 4.12 Å². The molecule has 0 fully saturated rings. The first-order chi connectivity index (χ1) is 3.06. The van der Waals surface area contributed by atoms with E-state index in [0.717, 1.165) is 0 Å². The molecule has 0 atom stereocenters. The van der Waals surface area contributed by atoms with Gasteiger partial charge in [-0.1, -0.05) is 6.55 Å². The van der Waals surface area contributed by atoms with Gasteiger partial charge in [0.1, 0.15) is 0 Å². The number of rotatable bonds is 2. The average molecular weight is 140 g/mol. The maximum Gasteiger partial charge on any atom is 0.660 e. The summed E-state index contributed by atoms with van der Waals surface area (Å²) in [6.07, 6.45) is 0. The highest BCUT2D eigenvalue weighted by Crippen LogP contribution is 1.83. The second kappa shape index (κ2) is 2.55. The molecular formula is CH8O4Si2. The predicted octanol–water partition coefficient (Wildman–Crippen LogP) is -2.45. The Morgan fingerprint density at radius 2 is 1.86 bits per heavy atom. The smallest absolute Gasteiger partial charge is 0.400 e. The van der Waals surface area contributed by atoms with E-state index >= 15 is 0 Å². The van der Waals surface area contributed by atoms with Crippen molar-refractivity contribution in [1.29, 1.82) is 0 Å². The Balaban J connectivity index is 3.15. The minimum absolute atomic E-state index is 0.878. The third kappa shape index (κ3) is 6.27. The van der Waals surface area contributed by atoms with Crippen LogP contribution in [0.1, 0.15) is 0 Å². The molecule has 0 aromatic heterocycles. The summed E-state index contributed by atoms with van der Waals surface area (Å²) in [6.45, 7) is 1.70. The molecular weight excluding hydrogens is 132 g/mol. The van der Waals surface area contributed by atoms with E-state index in [0.29, 0.717) is 0 Å². The van der Waals surface area contributed by atoms with Crippen LogP contribution < -0.4 is 0 Å². The van der Waals surface area contributed by atoms with Crippen molar-refractivity contribution in [2.45, 2.75) is 6.55 Å². The van der Waals surface area contributed by atoms with Crippen molar-refractivity contribution in [3.8, 4) is 0 Å². The Kier molecular flexibility index (Phi) is 2.65. The van der Waals surface area contributed by atoms with E-state index in [1.807, 2.05) is 0 Å². The fraction of sp³-hybridized carbons (Fsp3) is 1.00. The zero-order valence-electron chi connectivity index (χ0n) is 3.96. The molecule has 0 aromatic rings. The molecule has 0 radical (unpaired) electrons. The average Bonchev–Trinajstić information content (AvgIpc) is 1.30. The first-order valence-electron chi connectivity index (χ1n) is 1.87. The molecule has 7 heavy (non-hydrogen) atoms. The minimum atomic E-state index is -4.10. The van der Waals surface area contributed by atoms with Gasteiger partial charge in [-0.3, -0.25) is 0 Å². The zero-order valence-corrected chi connectivity index (χ0v) is 6.37. The highest BCUT2D eigenvalue weighted by atomic mass is 28.4. The lowest BCUT2D eigenvalue weighted by Gasteiger charge is -2.05. The molecule has 4 nitrogen and oxygen atoms in total. The third-order valence-electron chi connectivity index (χ3n) is 0.338. The van der Waals surface area contributed by atoms with E-state index in [1.54, 1.807) is 6.55 Å². The number of hydrogen-bond acceptors (Lipinski definition) is 4. The highest BCUT2D eigenvalue weighted by Gasteiger charge is 2.28. The van der Waals surface area contributed by atoms with Gasteiger partial charge >= 0.3 is 9.05 Å². The molecule has 0 spiro atoms. The molecule has 6 heteroatoms. The summed E-state index contributed by atoms with van der Waals surface area (Å²) in [4.78, 5) is 24.2. The largest absolute Gasteiger partial charge is 0.660 e. The summed E-state index contributed by atoms with van der Waals surface area (Å²) in [5.41, 5.74) is 0. The lowest BCUT2D eigenvalue weighted by atomic mass is 11.9. The minimum Gasteiger partial charge on any atom is -0.400 e. The molecule has 0 saturated heterocycles. The monoisotopic (exact) mass is 140 g/mol. The van der Waals surface area contributed by atoms with E-state index in [9.17, 15) is 0 Å². The Morgan fingerprint density at radius 3 is 1.86 bits per heavy atom. The maximum absolute atomic E-state index is 8.08. The van der Waals surface area contributed by atoms with Gasteiger partial charge in [-0.05, 0) is 0 Å². The Labute approximate surface area is 44.8 Å². The highest BCUT2D eigenvalue weighted by molar-refractivity contribution is 6.56. The summed E-state index contributed by atoms with van der Waals surface area (Å²) in [6, 6.07) is 0. The van der Waals surface area contributed by atoms with Crippen LogP contribution >= 0.6 is 0 Å². The van der Waals surface area contributed by atoms with Crippen LogP contribution in [0.15, 0.2) is 0 Å². The van der Waals surface area contributed by atoms with E-state index in [1.165, 1.54) is 0 Å². The van der Waals surface area contributed by atoms with Crippen LogP contribution in [0.3, 0.4) is 0 Å². The second-order valence-electron chi connectivity index (χ2n) is 1.01. The SMILES string of the molecule is C[SiH2]O[Si](O)(O)O. The summed E-state index contributed by atoms with van der Waals surface area (Å²) >= 11 is 0. The van der Waals surface area contributed by atoms with Gasteiger partial charge in [0, 0.05) is 0 Å². The van der Waals surface area contributed by atoms with Gasteiger partial charge in [-0.15, -0.1) is 0 Å². The summed E-state index contributed by atoms with van der Waals surface area (Å²) in [5.74, 6) is 0. The first kappa shape index (κ1) is 7.27. The van der Waals surface area contributed by atoms with E-state index < -0.39 is 18.8 Å². The van der Waals surface area contributed by atoms with Crippen LogP contribution in [0.2, 0.25) is 6.55 Å². The molecule has 0 aliphatic carbocycles. The second-order valence-corrected chi connectivity index (χ2v) is 3.89. The van der Waals surface area contributed by atoms with Crippen molar-refractivity contribution >= 4 is 18.8 Å². The Bertz CT molecular complexity index is 48.1. The van der Waals surface area contributed by atoms with Crippen molar-refractivity contribution in [2.75, 3.05) is 0 Å². The summed E-state index contributed by atoms with van der Waals surface area (Å²) in [7, 11) is -4.97. The van der Waals surface area contributed by atoms with Gasteiger partial charge in [0.2, 0.25) is 0 Å². The lowest BCUT2D eigenvalue weighted by Crippen LogP contribution is -2.39. The molecule has 0 rings (SSSR count). The number of hydrogen-bond donors (Lipinski definition) is 3. The molecule has 0 aliphatic heterocycles. The molecule has 0 aromatic carbocycles. The fourth-order valence-corrected chi connectivity index (χ4v) is 1.74. The van der Waals surface area contributed by atoms with Gasteiger partial charge < -0.3 is 18.5 Å². The Hall–Kier alpha value is 0.274. The molecule has 0 saturated carbocycles. The molecule has 0 bridgehead atoms. The van der Waals surface area contributed by atoms with Crippen molar-refractivity contribution in [1.82, 2.24) is 0 Å². The van der Waals surface area contributed by atoms with Gasteiger partial charge in [0.25, 0.3) is 0 Å². The van der Waals surface area contributed by atoms with Crippen molar-refractivity contribution in [3.63, 3.8) is 0 Å². The quantitative estimate of drug-likeness (QED) is 0.372. The molecule has 0 unspecified atom stereocenters. The van der Waals surface area contributed by atoms with Gasteiger partial charge in [-0.2, -0.15) is 0 Å². The molecule has 0 amide bonds. The summed E-state index contributed by atoms with van der Waals surface area (Å²) < 4.78 is 4.17. The van der Waals surface area contributed by atoms with Gasteiger partial charge in [-0.25, -0.2) is 0 Å². The van der Waals surface area contributed by atoms with Crippen molar-refractivity contribution in [2.24, 2.45) is 0 Å². The van der Waals surface area contributed by atoms with Crippen LogP contribution in [0, 0.1) is 0 Å². The standard InChI is InChI=1S/CH8O4Si2/c1-6-5-7(2,3)4/h2-4H,6H2,1H3. The van der Waals surface area contributed by atoms with Crippen LogP contribution in [-0.4, -0.2) is 33.2 Å². The van der Waals surface area contributed by atoms with Crippen molar-refractivity contribution in [3.05, 3.63) is 0 Å². The van der Waals surface area contributed by atoms with Crippen LogP contribution in [-0.2, 0) is 4.12 Å². The molecule has 0 heterocycles. The normalized spacial score (nSPS) is 13.7. The fourth-order valence-electron chi connectivity index (χ4n) is 0.194. The van der Waals surface area contributed by atoms with Gasteiger partial charge in [0.15, 0.2) is 9.76 Å². The van der Waals surface area contributed by atoms with E-state index in [4.69, 9.17) is 14.4 Å². The third-order valence-corrected chi connectivity index (χ3v) is 3.04. The first-order valence-corrected chi connectivity index (χ1v) is 5.61. The van der Waals surface area contributed by atoms with Gasteiger partial charge in [0.05, 0.1) is 0 Å². The zero-order chi connectivity index (χ0) is 5.91. The van der Waals surface area contributed by atoms with Crippen LogP contribution in [0.5, 0.6) is 0 Å².